The molecule has 3 rings (SSSR count). The maximum atomic E-state index is 6.43. The number of nitrogens with two attached hydrogens (primary N) is 1. The van der Waals surface area contributed by atoms with Crippen LogP contribution < -0.4 is 5.73 Å². The zero-order chi connectivity index (χ0) is 13.4. The molecule has 1 saturated carbocycles. The van der Waals surface area contributed by atoms with Gasteiger partial charge in [-0.25, -0.2) is 0 Å². The predicted octanol–water partition coefficient (Wildman–Crippen LogP) is 5.02. The van der Waals surface area contributed by atoms with Gasteiger partial charge in [0.15, 0.2) is 0 Å². The fourth-order valence-corrected chi connectivity index (χ4v) is 4.01. The Morgan fingerprint density at radius 2 is 1.79 bits per heavy atom. The fourth-order valence-electron chi connectivity index (χ4n) is 2.70. The Labute approximate surface area is 130 Å². The quantitative estimate of drug-likeness (QED) is 0.795. The minimum Gasteiger partial charge on any atom is -0.324 e. The van der Waals surface area contributed by atoms with Crippen molar-refractivity contribution in [2.75, 3.05) is 0 Å². The molecule has 1 fully saturated rings. The van der Waals surface area contributed by atoms with Crippen molar-refractivity contribution in [1.29, 1.82) is 0 Å². The first-order valence-electron chi connectivity index (χ1n) is 6.42. The molecule has 2 N–H and O–H groups in total. The van der Waals surface area contributed by atoms with Crippen LogP contribution in [0.2, 0.25) is 0 Å². The first-order valence-corrected chi connectivity index (χ1v) is 8.01. The van der Waals surface area contributed by atoms with Gasteiger partial charge in [-0.1, -0.05) is 68.3 Å². The van der Waals surface area contributed by atoms with Crippen LogP contribution in [-0.4, -0.2) is 0 Å². The van der Waals surface area contributed by atoms with E-state index in [0.717, 1.165) is 8.95 Å². The van der Waals surface area contributed by atoms with Crippen LogP contribution in [0.25, 0.3) is 0 Å². The van der Waals surface area contributed by atoms with Crippen LogP contribution >= 0.6 is 31.9 Å². The van der Waals surface area contributed by atoms with Crippen molar-refractivity contribution in [3.05, 3.63) is 68.6 Å². The SMILES string of the molecule is NC(c1ccc(Br)cc1Br)C1CC1c1ccccc1. The van der Waals surface area contributed by atoms with E-state index in [1.54, 1.807) is 0 Å². The highest BCUT2D eigenvalue weighted by Gasteiger charge is 2.43. The van der Waals surface area contributed by atoms with Gasteiger partial charge in [0, 0.05) is 15.0 Å². The highest BCUT2D eigenvalue weighted by atomic mass is 79.9. The summed E-state index contributed by atoms with van der Waals surface area (Å²) in [5.74, 6) is 1.17. The van der Waals surface area contributed by atoms with Gasteiger partial charge in [0.2, 0.25) is 0 Å². The van der Waals surface area contributed by atoms with E-state index in [1.165, 1.54) is 17.5 Å². The highest BCUT2D eigenvalue weighted by Crippen LogP contribution is 2.53. The van der Waals surface area contributed by atoms with Crippen molar-refractivity contribution < 1.29 is 0 Å². The Balaban J connectivity index is 1.78. The summed E-state index contributed by atoms with van der Waals surface area (Å²) < 4.78 is 2.17. The summed E-state index contributed by atoms with van der Waals surface area (Å²) in [7, 11) is 0. The molecular formula is C16H15Br2N. The van der Waals surface area contributed by atoms with Crippen LogP contribution in [0, 0.1) is 5.92 Å². The molecule has 0 heterocycles. The third kappa shape index (κ3) is 2.78. The number of hydrogen-bond donors (Lipinski definition) is 1. The molecule has 19 heavy (non-hydrogen) atoms. The number of rotatable bonds is 3. The van der Waals surface area contributed by atoms with Gasteiger partial charge in [0.05, 0.1) is 0 Å². The zero-order valence-corrected chi connectivity index (χ0v) is 13.6. The van der Waals surface area contributed by atoms with Crippen LogP contribution in [0.3, 0.4) is 0 Å². The van der Waals surface area contributed by atoms with Crippen molar-refractivity contribution in [3.63, 3.8) is 0 Å². The third-order valence-corrected chi connectivity index (χ3v) is 5.03. The van der Waals surface area contributed by atoms with E-state index in [2.05, 4.69) is 80.4 Å². The smallest absolute Gasteiger partial charge is 0.0340 e. The Hall–Kier alpha value is -0.640. The second kappa shape index (κ2) is 5.39. The lowest BCUT2D eigenvalue weighted by Crippen LogP contribution is -2.14. The summed E-state index contributed by atoms with van der Waals surface area (Å²) in [6, 6.07) is 17.0. The molecule has 1 aliphatic carbocycles. The Bertz CT molecular complexity index is 583. The summed E-state index contributed by atoms with van der Waals surface area (Å²) in [5, 5.41) is 0. The van der Waals surface area contributed by atoms with Crippen LogP contribution in [0.5, 0.6) is 0 Å². The molecule has 1 aliphatic rings. The Kier molecular flexibility index (Phi) is 3.79. The number of halogens is 2. The van der Waals surface area contributed by atoms with E-state index in [9.17, 15) is 0 Å². The van der Waals surface area contributed by atoms with Gasteiger partial charge in [-0.2, -0.15) is 0 Å². The molecule has 98 valence electrons. The Morgan fingerprint density at radius 1 is 1.05 bits per heavy atom. The summed E-state index contributed by atoms with van der Waals surface area (Å²) >= 11 is 7.09. The third-order valence-electron chi connectivity index (χ3n) is 3.85. The first kappa shape index (κ1) is 13.3. The van der Waals surface area contributed by atoms with Crippen LogP contribution in [0.4, 0.5) is 0 Å². The lowest BCUT2D eigenvalue weighted by atomic mass is 10.00. The molecular weight excluding hydrogens is 366 g/mol. The maximum Gasteiger partial charge on any atom is 0.0340 e. The summed E-state index contributed by atoms with van der Waals surface area (Å²) in [6.45, 7) is 0. The minimum absolute atomic E-state index is 0.104. The molecule has 3 heteroatoms. The van der Waals surface area contributed by atoms with Crippen molar-refractivity contribution in [2.24, 2.45) is 11.7 Å². The van der Waals surface area contributed by atoms with Gasteiger partial charge in [0.1, 0.15) is 0 Å². The molecule has 0 spiro atoms. The molecule has 3 unspecified atom stereocenters. The summed E-state index contributed by atoms with van der Waals surface area (Å²) in [6.07, 6.45) is 1.19. The molecule has 0 saturated heterocycles. The number of hydrogen-bond acceptors (Lipinski definition) is 1. The molecule has 0 aliphatic heterocycles. The normalized spacial score (nSPS) is 23.1. The molecule has 2 aromatic carbocycles. The fraction of sp³-hybridized carbons (Fsp3) is 0.250. The average Bonchev–Trinajstić information content (AvgIpc) is 3.19. The molecule has 3 atom stereocenters. The van der Waals surface area contributed by atoms with Crippen LogP contribution in [0.1, 0.15) is 29.5 Å². The number of benzene rings is 2. The second-order valence-corrected chi connectivity index (χ2v) is 6.88. The summed E-state index contributed by atoms with van der Waals surface area (Å²) in [4.78, 5) is 0. The van der Waals surface area contributed by atoms with Crippen molar-refractivity contribution >= 4 is 31.9 Å². The standard InChI is InChI=1S/C16H15Br2N/c17-11-6-7-12(15(18)8-11)16(19)14-9-13(14)10-4-2-1-3-5-10/h1-8,13-14,16H,9,19H2. The highest BCUT2D eigenvalue weighted by molar-refractivity contribution is 9.11. The van der Waals surface area contributed by atoms with E-state index in [0.29, 0.717) is 11.8 Å². The Morgan fingerprint density at radius 3 is 2.47 bits per heavy atom. The van der Waals surface area contributed by atoms with Crippen molar-refractivity contribution in [2.45, 2.75) is 18.4 Å². The van der Waals surface area contributed by atoms with Gasteiger partial charge in [-0.05, 0) is 41.5 Å². The van der Waals surface area contributed by atoms with Crippen LogP contribution in [0.15, 0.2) is 57.5 Å². The van der Waals surface area contributed by atoms with Crippen LogP contribution in [-0.2, 0) is 0 Å². The minimum atomic E-state index is 0.104. The van der Waals surface area contributed by atoms with Gasteiger partial charge >= 0.3 is 0 Å². The van der Waals surface area contributed by atoms with Gasteiger partial charge in [0.25, 0.3) is 0 Å². The molecule has 0 radical (unpaired) electrons. The van der Waals surface area contributed by atoms with Gasteiger partial charge < -0.3 is 5.73 Å². The average molecular weight is 381 g/mol. The van der Waals surface area contributed by atoms with Crippen molar-refractivity contribution in [3.8, 4) is 0 Å². The molecule has 0 amide bonds. The molecule has 0 bridgehead atoms. The van der Waals surface area contributed by atoms with E-state index in [-0.39, 0.29) is 6.04 Å². The monoisotopic (exact) mass is 379 g/mol. The van der Waals surface area contributed by atoms with E-state index in [4.69, 9.17) is 5.73 Å². The van der Waals surface area contributed by atoms with E-state index in [1.807, 2.05) is 0 Å². The molecule has 0 aromatic heterocycles. The van der Waals surface area contributed by atoms with Gasteiger partial charge in [-0.3, -0.25) is 0 Å². The zero-order valence-electron chi connectivity index (χ0n) is 10.4. The van der Waals surface area contributed by atoms with Crippen molar-refractivity contribution in [1.82, 2.24) is 0 Å². The predicted molar refractivity (Wildman–Crippen MR) is 86.1 cm³/mol. The van der Waals surface area contributed by atoms with Gasteiger partial charge in [-0.15, -0.1) is 0 Å². The second-order valence-electron chi connectivity index (χ2n) is 5.11. The lowest BCUT2D eigenvalue weighted by Gasteiger charge is -2.14. The summed E-state index contributed by atoms with van der Waals surface area (Å²) in [5.41, 5.74) is 9.05. The van der Waals surface area contributed by atoms with E-state index >= 15 is 0 Å². The topological polar surface area (TPSA) is 26.0 Å². The molecule has 2 aromatic rings. The lowest BCUT2D eigenvalue weighted by molar-refractivity contribution is 0.613. The largest absolute Gasteiger partial charge is 0.324 e. The molecule has 1 nitrogen and oxygen atoms in total. The first-order chi connectivity index (χ1) is 9.16. The maximum absolute atomic E-state index is 6.43. The van der Waals surface area contributed by atoms with E-state index < -0.39 is 0 Å².